The summed E-state index contributed by atoms with van der Waals surface area (Å²) in [6.07, 6.45) is 1.49. The zero-order valence-electron chi connectivity index (χ0n) is 13.4. The lowest BCUT2D eigenvalue weighted by atomic mass is 10.1. The lowest BCUT2D eigenvalue weighted by Gasteiger charge is -2.29. The minimum absolute atomic E-state index is 0.00253. The number of hydrogen-bond donors (Lipinski definition) is 1. The Balaban J connectivity index is 1.52. The minimum Gasteiger partial charge on any atom is -0.323 e. The molecule has 0 atom stereocenters. The number of anilines is 3. The quantitative estimate of drug-likeness (QED) is 0.909. The van der Waals surface area contributed by atoms with Crippen LogP contribution in [-0.4, -0.2) is 35.8 Å². The predicted octanol–water partition coefficient (Wildman–Crippen LogP) is 1.80. The smallest absolute Gasteiger partial charge is 0.244 e. The monoisotopic (exact) mass is 356 g/mol. The van der Waals surface area contributed by atoms with Crippen LogP contribution in [0.3, 0.4) is 0 Å². The molecule has 2 aliphatic heterocycles. The number of nitrogens with one attached hydrogen (secondary N) is 1. The highest BCUT2D eigenvalue weighted by Gasteiger charge is 2.28. The molecular formula is C17H16N4O3S. The molecule has 4 rings (SSSR count). The summed E-state index contributed by atoms with van der Waals surface area (Å²) in [5.41, 5.74) is 1.94. The fourth-order valence-electron chi connectivity index (χ4n) is 3.06. The van der Waals surface area contributed by atoms with Gasteiger partial charge in [0.1, 0.15) is 6.54 Å². The summed E-state index contributed by atoms with van der Waals surface area (Å²) in [5.74, 6) is -0.325. The SMILES string of the molecule is O=C1CN(C(=O)Cc2csc(N3CCCC3=O)n2)c2ccccc2N1. The van der Waals surface area contributed by atoms with E-state index in [0.29, 0.717) is 35.2 Å². The summed E-state index contributed by atoms with van der Waals surface area (Å²) < 4.78 is 0. The normalized spacial score (nSPS) is 16.8. The van der Waals surface area contributed by atoms with Gasteiger partial charge in [-0.05, 0) is 18.6 Å². The van der Waals surface area contributed by atoms with Crippen LogP contribution < -0.4 is 15.1 Å². The molecular weight excluding hydrogens is 340 g/mol. The Labute approximate surface area is 148 Å². The third-order valence-electron chi connectivity index (χ3n) is 4.25. The molecule has 2 aromatic rings. The summed E-state index contributed by atoms with van der Waals surface area (Å²) in [6.45, 7) is 0.677. The van der Waals surface area contributed by atoms with Crippen molar-refractivity contribution in [3.63, 3.8) is 0 Å². The molecule has 0 bridgehead atoms. The number of amides is 3. The van der Waals surface area contributed by atoms with Gasteiger partial charge in [0.25, 0.3) is 0 Å². The van der Waals surface area contributed by atoms with Crippen molar-refractivity contribution in [2.45, 2.75) is 19.3 Å². The Morgan fingerprint density at radius 3 is 2.92 bits per heavy atom. The van der Waals surface area contributed by atoms with E-state index in [2.05, 4.69) is 10.3 Å². The number of benzene rings is 1. The summed E-state index contributed by atoms with van der Waals surface area (Å²) in [7, 11) is 0. The van der Waals surface area contributed by atoms with Crippen LogP contribution in [0.25, 0.3) is 0 Å². The van der Waals surface area contributed by atoms with Gasteiger partial charge in [0.15, 0.2) is 5.13 Å². The van der Waals surface area contributed by atoms with Crippen LogP contribution in [0, 0.1) is 0 Å². The van der Waals surface area contributed by atoms with E-state index in [1.165, 1.54) is 16.2 Å². The molecule has 1 N–H and O–H groups in total. The summed E-state index contributed by atoms with van der Waals surface area (Å²) in [6, 6.07) is 7.22. The molecule has 0 saturated carbocycles. The van der Waals surface area contributed by atoms with Crippen molar-refractivity contribution in [2.75, 3.05) is 28.2 Å². The van der Waals surface area contributed by atoms with Crippen LogP contribution in [0.15, 0.2) is 29.6 Å². The maximum atomic E-state index is 12.7. The van der Waals surface area contributed by atoms with E-state index in [-0.39, 0.29) is 30.7 Å². The number of nitrogens with zero attached hydrogens (tertiary/aromatic N) is 3. The van der Waals surface area contributed by atoms with Crippen molar-refractivity contribution >= 4 is 45.6 Å². The Bertz CT molecular complexity index is 863. The lowest BCUT2D eigenvalue weighted by molar-refractivity contribution is -0.121. The maximum absolute atomic E-state index is 12.7. The van der Waals surface area contributed by atoms with E-state index in [4.69, 9.17) is 0 Å². The molecule has 1 fully saturated rings. The molecule has 1 saturated heterocycles. The number of thiazole rings is 1. The van der Waals surface area contributed by atoms with E-state index in [1.807, 2.05) is 18.2 Å². The van der Waals surface area contributed by atoms with Crippen LogP contribution in [0.5, 0.6) is 0 Å². The van der Waals surface area contributed by atoms with Crippen LogP contribution in [0.1, 0.15) is 18.5 Å². The molecule has 0 aliphatic carbocycles. The molecule has 25 heavy (non-hydrogen) atoms. The van der Waals surface area contributed by atoms with E-state index >= 15 is 0 Å². The summed E-state index contributed by atoms with van der Waals surface area (Å²) in [5, 5.41) is 5.21. The van der Waals surface area contributed by atoms with Crippen molar-refractivity contribution in [1.29, 1.82) is 0 Å². The lowest BCUT2D eigenvalue weighted by Crippen LogP contribution is -2.42. The predicted molar refractivity (Wildman–Crippen MR) is 94.8 cm³/mol. The van der Waals surface area contributed by atoms with Gasteiger partial charge in [-0.25, -0.2) is 4.98 Å². The third-order valence-corrected chi connectivity index (χ3v) is 5.16. The fourth-order valence-corrected chi connectivity index (χ4v) is 3.93. The van der Waals surface area contributed by atoms with E-state index in [0.717, 1.165) is 6.42 Å². The van der Waals surface area contributed by atoms with Crippen molar-refractivity contribution < 1.29 is 14.4 Å². The second kappa shape index (κ2) is 6.29. The van der Waals surface area contributed by atoms with E-state index < -0.39 is 0 Å². The summed E-state index contributed by atoms with van der Waals surface area (Å²) in [4.78, 5) is 43.9. The highest BCUT2D eigenvalue weighted by molar-refractivity contribution is 7.14. The average molecular weight is 356 g/mol. The Hall–Kier alpha value is -2.74. The van der Waals surface area contributed by atoms with E-state index in [1.54, 1.807) is 16.3 Å². The summed E-state index contributed by atoms with van der Waals surface area (Å²) >= 11 is 1.37. The molecule has 3 heterocycles. The standard InChI is InChI=1S/C17H16N4O3S/c22-14-9-21(13-5-2-1-4-12(13)19-14)16(24)8-11-10-25-17(18-11)20-7-3-6-15(20)23/h1-2,4-5,10H,3,6-9H2,(H,19,22). The van der Waals surface area contributed by atoms with Gasteiger partial charge in [-0.1, -0.05) is 12.1 Å². The molecule has 128 valence electrons. The number of carbonyl (C=O) groups excluding carboxylic acids is 3. The van der Waals surface area contributed by atoms with Gasteiger partial charge < -0.3 is 10.2 Å². The highest BCUT2D eigenvalue weighted by atomic mass is 32.1. The molecule has 0 unspecified atom stereocenters. The number of carbonyl (C=O) groups is 3. The first-order chi connectivity index (χ1) is 12.1. The molecule has 7 nitrogen and oxygen atoms in total. The van der Waals surface area contributed by atoms with Crippen molar-refractivity contribution in [3.05, 3.63) is 35.3 Å². The number of fused-ring (bicyclic) bond motifs is 1. The highest BCUT2D eigenvalue weighted by Crippen LogP contribution is 2.30. The topological polar surface area (TPSA) is 82.6 Å². The second-order valence-electron chi connectivity index (χ2n) is 5.99. The van der Waals surface area contributed by atoms with Crippen molar-refractivity contribution in [2.24, 2.45) is 0 Å². The number of para-hydroxylation sites is 2. The molecule has 8 heteroatoms. The largest absolute Gasteiger partial charge is 0.323 e. The van der Waals surface area contributed by atoms with E-state index in [9.17, 15) is 14.4 Å². The van der Waals surface area contributed by atoms with Gasteiger partial charge in [0.05, 0.1) is 23.5 Å². The van der Waals surface area contributed by atoms with Crippen LogP contribution >= 0.6 is 11.3 Å². The Kier molecular flexibility index (Phi) is 3.96. The number of rotatable bonds is 3. The molecule has 0 spiro atoms. The molecule has 0 radical (unpaired) electrons. The van der Waals surface area contributed by atoms with Gasteiger partial charge in [0, 0.05) is 18.3 Å². The molecule has 1 aromatic carbocycles. The third kappa shape index (κ3) is 3.00. The van der Waals surface area contributed by atoms with Crippen LogP contribution in [-0.2, 0) is 20.8 Å². The van der Waals surface area contributed by atoms with Gasteiger partial charge >= 0.3 is 0 Å². The van der Waals surface area contributed by atoms with Crippen LogP contribution in [0.2, 0.25) is 0 Å². The van der Waals surface area contributed by atoms with Crippen molar-refractivity contribution in [1.82, 2.24) is 4.98 Å². The van der Waals surface area contributed by atoms with Gasteiger partial charge in [-0.3, -0.25) is 19.3 Å². The molecule has 1 aromatic heterocycles. The first kappa shape index (κ1) is 15.8. The van der Waals surface area contributed by atoms with Gasteiger partial charge in [-0.2, -0.15) is 0 Å². The maximum Gasteiger partial charge on any atom is 0.244 e. The Morgan fingerprint density at radius 1 is 1.28 bits per heavy atom. The first-order valence-electron chi connectivity index (χ1n) is 8.06. The molecule has 2 aliphatic rings. The average Bonchev–Trinajstić information content (AvgIpc) is 3.22. The number of aromatic nitrogens is 1. The zero-order valence-corrected chi connectivity index (χ0v) is 14.2. The van der Waals surface area contributed by atoms with Crippen LogP contribution in [0.4, 0.5) is 16.5 Å². The molecule has 3 amide bonds. The van der Waals surface area contributed by atoms with Crippen molar-refractivity contribution in [3.8, 4) is 0 Å². The fraction of sp³-hybridized carbons (Fsp3) is 0.294. The zero-order chi connectivity index (χ0) is 17.4. The second-order valence-corrected chi connectivity index (χ2v) is 6.83. The van der Waals surface area contributed by atoms with Gasteiger partial charge in [-0.15, -0.1) is 11.3 Å². The van der Waals surface area contributed by atoms with Gasteiger partial charge in [0.2, 0.25) is 17.7 Å². The minimum atomic E-state index is -0.214. The Morgan fingerprint density at radius 2 is 2.12 bits per heavy atom. The first-order valence-corrected chi connectivity index (χ1v) is 8.94. The number of hydrogen-bond acceptors (Lipinski definition) is 5.